The Morgan fingerprint density at radius 1 is 1.04 bits per heavy atom. The molecule has 0 spiro atoms. The molecule has 1 heterocycles. The number of H-pyrrole nitrogens is 1. The van der Waals surface area contributed by atoms with Crippen LogP contribution in [-0.2, 0) is 10.0 Å². The normalized spacial score (nSPS) is 11.2. The Hall–Kier alpha value is -2.97. The van der Waals surface area contributed by atoms with Gasteiger partial charge in [0.05, 0.1) is 22.5 Å². The molecule has 3 aromatic rings. The predicted molar refractivity (Wildman–Crippen MR) is 89.8 cm³/mol. The SMILES string of the molecule is NS(=O)(=O)c1ccc(C(=O)Nc2cn[nH]c2-c2ccccc2)cc1. The average Bonchev–Trinajstić information content (AvgIpc) is 3.03. The lowest BCUT2D eigenvalue weighted by molar-refractivity contribution is 0.102. The first kappa shape index (κ1) is 15.9. The van der Waals surface area contributed by atoms with Crippen LogP contribution in [0.1, 0.15) is 10.4 Å². The molecule has 0 aliphatic heterocycles. The number of benzene rings is 2. The zero-order valence-corrected chi connectivity index (χ0v) is 13.2. The van der Waals surface area contributed by atoms with Gasteiger partial charge >= 0.3 is 0 Å². The second-order valence-electron chi connectivity index (χ2n) is 5.05. The smallest absolute Gasteiger partial charge is 0.255 e. The van der Waals surface area contributed by atoms with Crippen molar-refractivity contribution in [3.63, 3.8) is 0 Å². The van der Waals surface area contributed by atoms with E-state index >= 15 is 0 Å². The van der Waals surface area contributed by atoms with Crippen LogP contribution < -0.4 is 10.5 Å². The van der Waals surface area contributed by atoms with Gasteiger partial charge in [-0.1, -0.05) is 30.3 Å². The third kappa shape index (κ3) is 3.34. The number of amides is 1. The molecular formula is C16H14N4O3S. The van der Waals surface area contributed by atoms with Crippen molar-refractivity contribution in [2.24, 2.45) is 5.14 Å². The van der Waals surface area contributed by atoms with Gasteiger partial charge in [-0.25, -0.2) is 13.6 Å². The second-order valence-corrected chi connectivity index (χ2v) is 6.61. The molecule has 0 unspecified atom stereocenters. The molecule has 24 heavy (non-hydrogen) atoms. The number of anilines is 1. The Kier molecular flexibility index (Phi) is 4.15. The quantitative estimate of drug-likeness (QED) is 0.672. The predicted octanol–water partition coefficient (Wildman–Crippen LogP) is 1.98. The molecule has 0 aliphatic rings. The van der Waals surface area contributed by atoms with Crippen LogP contribution in [0.3, 0.4) is 0 Å². The largest absolute Gasteiger partial charge is 0.319 e. The van der Waals surface area contributed by atoms with Crippen molar-refractivity contribution < 1.29 is 13.2 Å². The van der Waals surface area contributed by atoms with E-state index in [0.717, 1.165) is 5.56 Å². The summed E-state index contributed by atoms with van der Waals surface area (Å²) in [5, 5.41) is 14.6. The number of sulfonamides is 1. The molecule has 7 nitrogen and oxygen atoms in total. The zero-order chi connectivity index (χ0) is 17.2. The van der Waals surface area contributed by atoms with Gasteiger partial charge in [0.2, 0.25) is 10.0 Å². The van der Waals surface area contributed by atoms with E-state index in [4.69, 9.17) is 5.14 Å². The fourth-order valence-corrected chi connectivity index (χ4v) is 2.71. The maximum absolute atomic E-state index is 12.3. The summed E-state index contributed by atoms with van der Waals surface area (Å²) in [5.74, 6) is -0.380. The van der Waals surface area contributed by atoms with Gasteiger partial charge in [0.15, 0.2) is 0 Å². The molecule has 3 rings (SSSR count). The summed E-state index contributed by atoms with van der Waals surface area (Å²) >= 11 is 0. The Balaban J connectivity index is 1.83. The molecule has 122 valence electrons. The topological polar surface area (TPSA) is 118 Å². The van der Waals surface area contributed by atoms with E-state index in [-0.39, 0.29) is 10.8 Å². The Labute approximate surface area is 138 Å². The van der Waals surface area contributed by atoms with Gasteiger partial charge in [0.25, 0.3) is 5.91 Å². The van der Waals surface area contributed by atoms with Crippen molar-refractivity contribution in [3.05, 3.63) is 66.4 Å². The van der Waals surface area contributed by atoms with Gasteiger partial charge in [-0.05, 0) is 24.3 Å². The first-order valence-electron chi connectivity index (χ1n) is 6.98. The number of nitrogens with zero attached hydrogens (tertiary/aromatic N) is 1. The van der Waals surface area contributed by atoms with Crippen LogP contribution in [0.5, 0.6) is 0 Å². The number of nitrogens with two attached hydrogens (primary N) is 1. The zero-order valence-electron chi connectivity index (χ0n) is 12.4. The molecule has 4 N–H and O–H groups in total. The third-order valence-corrected chi connectivity index (χ3v) is 4.32. The minimum Gasteiger partial charge on any atom is -0.319 e. The summed E-state index contributed by atoms with van der Waals surface area (Å²) in [6, 6.07) is 14.8. The lowest BCUT2D eigenvalue weighted by Crippen LogP contribution is -2.14. The van der Waals surface area contributed by atoms with Crippen molar-refractivity contribution in [2.75, 3.05) is 5.32 Å². The van der Waals surface area contributed by atoms with E-state index in [0.29, 0.717) is 16.9 Å². The first-order chi connectivity index (χ1) is 11.4. The van der Waals surface area contributed by atoms with E-state index in [1.807, 2.05) is 30.3 Å². The van der Waals surface area contributed by atoms with Crippen molar-refractivity contribution in [1.29, 1.82) is 0 Å². The number of nitrogens with one attached hydrogen (secondary N) is 2. The number of primary sulfonamides is 1. The number of rotatable bonds is 4. The van der Waals surface area contributed by atoms with Crippen molar-refractivity contribution in [2.45, 2.75) is 4.90 Å². The van der Waals surface area contributed by atoms with E-state index < -0.39 is 10.0 Å². The van der Waals surface area contributed by atoms with Crippen LogP contribution in [0.2, 0.25) is 0 Å². The standard InChI is InChI=1S/C16H14N4O3S/c17-24(22,23)13-8-6-12(7-9-13)16(21)19-14-10-18-20-15(14)11-4-2-1-3-5-11/h1-10H,(H,18,20)(H,19,21)(H2,17,22,23). The molecule has 1 aromatic heterocycles. The van der Waals surface area contributed by atoms with Gasteiger partial charge < -0.3 is 5.32 Å². The summed E-state index contributed by atoms with van der Waals surface area (Å²) in [5.41, 5.74) is 2.41. The number of carbonyl (C=O) groups is 1. The van der Waals surface area contributed by atoms with Gasteiger partial charge in [0, 0.05) is 11.1 Å². The summed E-state index contributed by atoms with van der Waals surface area (Å²) in [4.78, 5) is 12.3. The molecule has 0 radical (unpaired) electrons. The van der Waals surface area contributed by atoms with Crippen molar-refractivity contribution in [1.82, 2.24) is 10.2 Å². The molecule has 0 aliphatic carbocycles. The second kappa shape index (κ2) is 6.26. The van der Waals surface area contributed by atoms with E-state index in [2.05, 4.69) is 15.5 Å². The Morgan fingerprint density at radius 2 is 1.71 bits per heavy atom. The highest BCUT2D eigenvalue weighted by Crippen LogP contribution is 2.25. The summed E-state index contributed by atoms with van der Waals surface area (Å²) < 4.78 is 22.5. The summed E-state index contributed by atoms with van der Waals surface area (Å²) in [7, 11) is -3.78. The molecule has 0 atom stereocenters. The van der Waals surface area contributed by atoms with E-state index in [1.54, 1.807) is 0 Å². The Morgan fingerprint density at radius 3 is 2.33 bits per heavy atom. The van der Waals surface area contributed by atoms with Gasteiger partial charge in [-0.15, -0.1) is 0 Å². The molecule has 0 bridgehead atoms. The van der Waals surface area contributed by atoms with Crippen LogP contribution in [0.25, 0.3) is 11.3 Å². The summed E-state index contributed by atoms with van der Waals surface area (Å²) in [6.45, 7) is 0. The maximum atomic E-state index is 12.3. The van der Waals surface area contributed by atoms with E-state index in [1.165, 1.54) is 30.5 Å². The number of aromatic amines is 1. The van der Waals surface area contributed by atoms with Crippen LogP contribution in [0, 0.1) is 0 Å². The monoisotopic (exact) mass is 342 g/mol. The number of aromatic nitrogens is 2. The van der Waals surface area contributed by atoms with Crippen LogP contribution >= 0.6 is 0 Å². The number of carbonyl (C=O) groups excluding carboxylic acids is 1. The van der Waals surface area contributed by atoms with Crippen molar-refractivity contribution in [3.8, 4) is 11.3 Å². The highest BCUT2D eigenvalue weighted by Gasteiger charge is 2.13. The van der Waals surface area contributed by atoms with Crippen molar-refractivity contribution >= 4 is 21.6 Å². The molecular weight excluding hydrogens is 328 g/mol. The maximum Gasteiger partial charge on any atom is 0.255 e. The number of hydrogen-bond donors (Lipinski definition) is 3. The average molecular weight is 342 g/mol. The molecule has 2 aromatic carbocycles. The fraction of sp³-hybridized carbons (Fsp3) is 0. The van der Waals surface area contributed by atoms with Crippen LogP contribution in [-0.4, -0.2) is 24.5 Å². The minimum atomic E-state index is -3.78. The van der Waals surface area contributed by atoms with Gasteiger partial charge in [-0.2, -0.15) is 5.10 Å². The summed E-state index contributed by atoms with van der Waals surface area (Å²) in [6.07, 6.45) is 1.51. The molecule has 0 saturated carbocycles. The highest BCUT2D eigenvalue weighted by atomic mass is 32.2. The lowest BCUT2D eigenvalue weighted by atomic mass is 10.1. The highest BCUT2D eigenvalue weighted by molar-refractivity contribution is 7.89. The number of hydrogen-bond acceptors (Lipinski definition) is 4. The van der Waals surface area contributed by atoms with E-state index in [9.17, 15) is 13.2 Å². The minimum absolute atomic E-state index is 0.0488. The fourth-order valence-electron chi connectivity index (χ4n) is 2.20. The first-order valence-corrected chi connectivity index (χ1v) is 8.53. The van der Waals surface area contributed by atoms with Gasteiger partial charge in [0.1, 0.15) is 0 Å². The van der Waals surface area contributed by atoms with Crippen LogP contribution in [0.4, 0.5) is 5.69 Å². The molecule has 8 heteroatoms. The molecule has 0 fully saturated rings. The molecule has 1 amide bonds. The lowest BCUT2D eigenvalue weighted by Gasteiger charge is -2.06. The molecule has 0 saturated heterocycles. The van der Waals surface area contributed by atoms with Crippen LogP contribution in [0.15, 0.2) is 65.7 Å². The van der Waals surface area contributed by atoms with Gasteiger partial charge in [-0.3, -0.25) is 9.89 Å². The third-order valence-electron chi connectivity index (χ3n) is 3.40. The Bertz CT molecular complexity index is 964.